The van der Waals surface area contributed by atoms with Gasteiger partial charge < -0.3 is 10.1 Å². The molecule has 138 valence electrons. The van der Waals surface area contributed by atoms with Crippen LogP contribution in [-0.2, 0) is 16.4 Å². The molecule has 1 fully saturated rings. The summed E-state index contributed by atoms with van der Waals surface area (Å²) in [5.41, 5.74) is 1.44. The zero-order valence-corrected chi connectivity index (χ0v) is 15.2. The van der Waals surface area contributed by atoms with Gasteiger partial charge in [0, 0.05) is 25.2 Å². The van der Waals surface area contributed by atoms with Crippen LogP contribution in [0.2, 0.25) is 0 Å². The molecule has 1 amide bonds. The highest BCUT2D eigenvalue weighted by atomic mass is 32.2. The Morgan fingerprint density at radius 2 is 2.08 bits per heavy atom. The third kappa shape index (κ3) is 4.55. The Balaban J connectivity index is 1.68. The zero-order chi connectivity index (χ0) is 18.6. The van der Waals surface area contributed by atoms with E-state index in [2.05, 4.69) is 20.2 Å². The van der Waals surface area contributed by atoms with Crippen LogP contribution >= 0.6 is 0 Å². The van der Waals surface area contributed by atoms with Crippen molar-refractivity contribution < 1.29 is 17.9 Å². The molecule has 0 radical (unpaired) electrons. The Bertz CT molecular complexity index is 887. The summed E-state index contributed by atoms with van der Waals surface area (Å²) in [5.74, 6) is 0.747. The SMILES string of the molecule is COc1cncnc1NC(=O)c1cccc(CN2CCS(=O)(=O)CC2)c1. The van der Waals surface area contributed by atoms with Crippen LogP contribution in [0.25, 0.3) is 0 Å². The number of amides is 1. The number of ether oxygens (including phenoxy) is 1. The Labute approximate surface area is 152 Å². The molecule has 0 spiro atoms. The third-order valence-corrected chi connectivity index (χ3v) is 5.77. The number of nitrogens with one attached hydrogen (secondary N) is 1. The Morgan fingerprint density at radius 1 is 1.31 bits per heavy atom. The predicted octanol–water partition coefficient (Wildman–Crippen LogP) is 0.968. The molecule has 3 rings (SSSR count). The van der Waals surface area contributed by atoms with E-state index in [1.54, 1.807) is 12.1 Å². The van der Waals surface area contributed by atoms with Gasteiger partial charge in [-0.05, 0) is 17.7 Å². The van der Waals surface area contributed by atoms with Gasteiger partial charge in [0.15, 0.2) is 21.4 Å². The van der Waals surface area contributed by atoms with Gasteiger partial charge >= 0.3 is 0 Å². The number of hydrogen-bond acceptors (Lipinski definition) is 7. The monoisotopic (exact) mass is 376 g/mol. The van der Waals surface area contributed by atoms with E-state index in [0.29, 0.717) is 36.8 Å². The summed E-state index contributed by atoms with van der Waals surface area (Å²) in [5, 5.41) is 2.71. The molecule has 0 saturated carbocycles. The molecule has 26 heavy (non-hydrogen) atoms. The molecule has 0 atom stereocenters. The van der Waals surface area contributed by atoms with Gasteiger partial charge in [0.25, 0.3) is 5.91 Å². The lowest BCUT2D eigenvalue weighted by Gasteiger charge is -2.26. The molecule has 0 unspecified atom stereocenters. The van der Waals surface area contributed by atoms with E-state index in [9.17, 15) is 13.2 Å². The Morgan fingerprint density at radius 3 is 2.81 bits per heavy atom. The summed E-state index contributed by atoms with van der Waals surface area (Å²) in [6.45, 7) is 1.63. The lowest BCUT2D eigenvalue weighted by molar-refractivity contribution is 0.102. The Kier molecular flexibility index (Phi) is 5.48. The van der Waals surface area contributed by atoms with Crippen molar-refractivity contribution in [2.24, 2.45) is 0 Å². The van der Waals surface area contributed by atoms with Crippen LogP contribution < -0.4 is 10.1 Å². The van der Waals surface area contributed by atoms with Crippen LogP contribution in [0.1, 0.15) is 15.9 Å². The minimum atomic E-state index is -2.90. The highest BCUT2D eigenvalue weighted by Crippen LogP contribution is 2.20. The van der Waals surface area contributed by atoms with Gasteiger partial charge in [0.2, 0.25) is 0 Å². The Hall–Kier alpha value is -2.52. The first-order valence-corrected chi connectivity index (χ1v) is 9.96. The van der Waals surface area contributed by atoms with Gasteiger partial charge in [-0.3, -0.25) is 9.69 Å². The lowest BCUT2D eigenvalue weighted by Crippen LogP contribution is -2.39. The molecule has 0 bridgehead atoms. The number of anilines is 1. The summed E-state index contributed by atoms with van der Waals surface area (Å²) in [4.78, 5) is 22.4. The van der Waals surface area contributed by atoms with E-state index in [-0.39, 0.29) is 17.4 Å². The van der Waals surface area contributed by atoms with Crippen molar-refractivity contribution >= 4 is 21.6 Å². The molecule has 1 N–H and O–H groups in total. The average Bonchev–Trinajstić information content (AvgIpc) is 2.64. The van der Waals surface area contributed by atoms with Crippen molar-refractivity contribution in [3.8, 4) is 5.75 Å². The van der Waals surface area contributed by atoms with E-state index in [0.717, 1.165) is 5.56 Å². The number of nitrogens with zero attached hydrogens (tertiary/aromatic N) is 3. The number of sulfone groups is 1. The summed E-state index contributed by atoms with van der Waals surface area (Å²) in [7, 11) is -1.42. The minimum Gasteiger partial charge on any atom is -0.491 e. The van der Waals surface area contributed by atoms with Crippen LogP contribution in [0.5, 0.6) is 5.75 Å². The molecule has 2 heterocycles. The summed E-state index contributed by atoms with van der Waals surface area (Å²) < 4.78 is 28.2. The lowest BCUT2D eigenvalue weighted by atomic mass is 10.1. The molecule has 2 aromatic rings. The number of hydrogen-bond donors (Lipinski definition) is 1. The zero-order valence-electron chi connectivity index (χ0n) is 14.4. The van der Waals surface area contributed by atoms with Crippen molar-refractivity contribution in [1.82, 2.24) is 14.9 Å². The van der Waals surface area contributed by atoms with Crippen molar-refractivity contribution in [3.63, 3.8) is 0 Å². The van der Waals surface area contributed by atoms with Crippen molar-refractivity contribution in [3.05, 3.63) is 47.9 Å². The summed E-state index contributed by atoms with van der Waals surface area (Å²) in [6.07, 6.45) is 2.81. The van der Waals surface area contributed by atoms with E-state index < -0.39 is 9.84 Å². The average molecular weight is 376 g/mol. The largest absolute Gasteiger partial charge is 0.491 e. The van der Waals surface area contributed by atoms with Gasteiger partial charge in [-0.1, -0.05) is 12.1 Å². The summed E-state index contributed by atoms with van der Waals surface area (Å²) >= 11 is 0. The maximum Gasteiger partial charge on any atom is 0.256 e. The van der Waals surface area contributed by atoms with E-state index in [1.165, 1.54) is 19.6 Å². The number of aromatic nitrogens is 2. The number of carbonyl (C=O) groups is 1. The predicted molar refractivity (Wildman–Crippen MR) is 96.9 cm³/mol. The number of carbonyl (C=O) groups excluding carboxylic acids is 1. The van der Waals surface area contributed by atoms with Crippen LogP contribution in [0.15, 0.2) is 36.8 Å². The van der Waals surface area contributed by atoms with Gasteiger partial charge in [0.05, 0.1) is 24.8 Å². The van der Waals surface area contributed by atoms with Gasteiger partial charge in [-0.15, -0.1) is 0 Å². The molecular weight excluding hydrogens is 356 g/mol. The second-order valence-electron chi connectivity index (χ2n) is 6.02. The second kappa shape index (κ2) is 7.79. The van der Waals surface area contributed by atoms with Gasteiger partial charge in [0.1, 0.15) is 6.33 Å². The first kappa shape index (κ1) is 18.3. The van der Waals surface area contributed by atoms with E-state index in [1.807, 2.05) is 12.1 Å². The minimum absolute atomic E-state index is 0.181. The standard InChI is InChI=1S/C17H20N4O4S/c1-25-15-10-18-12-19-16(15)20-17(22)14-4-2-3-13(9-14)11-21-5-7-26(23,24)8-6-21/h2-4,9-10,12H,5-8,11H2,1H3,(H,18,19,20,22). The molecule has 1 aliphatic heterocycles. The molecule has 1 aromatic heterocycles. The van der Waals surface area contributed by atoms with Crippen LogP contribution in [-0.4, -0.2) is 60.9 Å². The highest BCUT2D eigenvalue weighted by Gasteiger charge is 2.21. The first-order valence-electron chi connectivity index (χ1n) is 8.14. The van der Waals surface area contributed by atoms with Crippen molar-refractivity contribution in [2.45, 2.75) is 6.54 Å². The summed E-state index contributed by atoms with van der Waals surface area (Å²) in [6, 6.07) is 7.24. The van der Waals surface area contributed by atoms with Crippen LogP contribution in [0, 0.1) is 0 Å². The maximum absolute atomic E-state index is 12.5. The number of methoxy groups -OCH3 is 1. The van der Waals surface area contributed by atoms with Crippen LogP contribution in [0.3, 0.4) is 0 Å². The fourth-order valence-electron chi connectivity index (χ4n) is 2.72. The highest BCUT2D eigenvalue weighted by molar-refractivity contribution is 7.91. The van der Waals surface area contributed by atoms with Gasteiger partial charge in [-0.2, -0.15) is 0 Å². The normalized spacial score (nSPS) is 16.8. The number of benzene rings is 1. The quantitative estimate of drug-likeness (QED) is 0.829. The fourth-order valence-corrected chi connectivity index (χ4v) is 3.99. The van der Waals surface area contributed by atoms with E-state index >= 15 is 0 Å². The maximum atomic E-state index is 12.5. The topological polar surface area (TPSA) is 101 Å². The number of rotatable bonds is 5. The molecule has 1 aromatic carbocycles. The molecule has 1 saturated heterocycles. The van der Waals surface area contributed by atoms with Crippen molar-refractivity contribution in [2.75, 3.05) is 37.0 Å². The van der Waals surface area contributed by atoms with Crippen molar-refractivity contribution in [1.29, 1.82) is 0 Å². The first-order chi connectivity index (χ1) is 12.5. The third-order valence-electron chi connectivity index (χ3n) is 4.16. The van der Waals surface area contributed by atoms with Gasteiger partial charge in [-0.25, -0.2) is 18.4 Å². The smallest absolute Gasteiger partial charge is 0.256 e. The van der Waals surface area contributed by atoms with Crippen LogP contribution in [0.4, 0.5) is 5.82 Å². The molecule has 9 heteroatoms. The molecule has 0 aliphatic carbocycles. The van der Waals surface area contributed by atoms with E-state index in [4.69, 9.17) is 4.74 Å². The second-order valence-corrected chi connectivity index (χ2v) is 8.33. The fraction of sp³-hybridized carbons (Fsp3) is 0.353. The molecular formula is C17H20N4O4S. The molecule has 8 nitrogen and oxygen atoms in total. The molecule has 1 aliphatic rings.